The first-order valence-electron chi connectivity index (χ1n) is 13.5. The van der Waals surface area contributed by atoms with Crippen molar-refractivity contribution in [3.05, 3.63) is 89.5 Å². The first-order valence-corrected chi connectivity index (χ1v) is 13.5. The molecule has 204 valence electrons. The molecule has 0 bridgehead atoms. The second kappa shape index (κ2) is 10.3. The lowest BCUT2D eigenvalue weighted by Gasteiger charge is -2.11. The molecule has 0 aliphatic heterocycles. The van der Waals surface area contributed by atoms with Crippen LogP contribution in [-0.2, 0) is 24.9 Å². The standard InChI is InChI=1S/C31H33N7O2/c1-19(2)29-20(3)38(27-14-22-15-36(4)35-31(22)32-26(27)18-40-5)34-30(29)23-12-9-13-25-24(23)16-37(33-25)17-28(39)21-10-7-6-8-11-21/h6-16,19,28,39H,17-18H2,1-5H3/t28-/m0/s1. The van der Waals surface area contributed by atoms with Crippen molar-refractivity contribution in [2.24, 2.45) is 7.05 Å². The van der Waals surface area contributed by atoms with E-state index in [0.29, 0.717) is 18.8 Å². The maximum Gasteiger partial charge on any atom is 0.181 e. The van der Waals surface area contributed by atoms with Gasteiger partial charge in [-0.1, -0.05) is 56.3 Å². The fourth-order valence-corrected chi connectivity index (χ4v) is 5.51. The molecule has 2 aromatic carbocycles. The Kier molecular flexibility index (Phi) is 6.69. The van der Waals surface area contributed by atoms with Crippen molar-refractivity contribution in [1.82, 2.24) is 34.3 Å². The second-order valence-corrected chi connectivity index (χ2v) is 10.5. The molecule has 0 saturated heterocycles. The van der Waals surface area contributed by atoms with Gasteiger partial charge in [-0.2, -0.15) is 15.3 Å². The predicted molar refractivity (Wildman–Crippen MR) is 155 cm³/mol. The van der Waals surface area contributed by atoms with Crippen LogP contribution in [0.5, 0.6) is 0 Å². The van der Waals surface area contributed by atoms with E-state index >= 15 is 0 Å². The maximum absolute atomic E-state index is 10.8. The highest BCUT2D eigenvalue weighted by Gasteiger charge is 2.24. The molecule has 40 heavy (non-hydrogen) atoms. The molecule has 4 aromatic heterocycles. The van der Waals surface area contributed by atoms with Crippen molar-refractivity contribution in [1.29, 1.82) is 0 Å². The average Bonchev–Trinajstić information content (AvgIpc) is 3.62. The lowest BCUT2D eigenvalue weighted by molar-refractivity contribution is 0.152. The quantitative estimate of drug-likeness (QED) is 0.277. The molecule has 0 aliphatic rings. The number of rotatable bonds is 8. The molecule has 1 N–H and O–H groups in total. The third-order valence-corrected chi connectivity index (χ3v) is 7.31. The van der Waals surface area contributed by atoms with Gasteiger partial charge in [0.15, 0.2) is 5.65 Å². The van der Waals surface area contributed by atoms with Crippen LogP contribution >= 0.6 is 0 Å². The van der Waals surface area contributed by atoms with Crippen LogP contribution in [0, 0.1) is 6.92 Å². The number of fused-ring (bicyclic) bond motifs is 2. The van der Waals surface area contributed by atoms with Crippen LogP contribution in [0.15, 0.2) is 67.0 Å². The molecule has 9 nitrogen and oxygen atoms in total. The molecule has 0 fully saturated rings. The number of nitrogens with zero attached hydrogens (tertiary/aromatic N) is 7. The average molecular weight is 536 g/mol. The molecule has 0 amide bonds. The van der Waals surface area contributed by atoms with Crippen molar-refractivity contribution in [3.63, 3.8) is 0 Å². The van der Waals surface area contributed by atoms with Gasteiger partial charge in [0.25, 0.3) is 0 Å². The summed E-state index contributed by atoms with van der Waals surface area (Å²) in [5.74, 6) is 0.231. The van der Waals surface area contributed by atoms with E-state index in [9.17, 15) is 5.11 Å². The fraction of sp³-hybridized carbons (Fsp3) is 0.290. The lowest BCUT2D eigenvalue weighted by atomic mass is 9.95. The first kappa shape index (κ1) is 25.9. The second-order valence-electron chi connectivity index (χ2n) is 10.5. The predicted octanol–water partition coefficient (Wildman–Crippen LogP) is 5.48. The van der Waals surface area contributed by atoms with Gasteiger partial charge in [0.05, 0.1) is 41.8 Å². The summed E-state index contributed by atoms with van der Waals surface area (Å²) >= 11 is 0. The SMILES string of the molecule is COCc1nc2nn(C)cc2cc1-n1nc(-c2cccc3nn(C[C@H](O)c4ccccc4)cc23)c(C(C)C)c1C. The number of hydrogen-bond acceptors (Lipinski definition) is 6. The van der Waals surface area contributed by atoms with Gasteiger partial charge in [-0.05, 0) is 30.5 Å². The monoisotopic (exact) mass is 535 g/mol. The molecule has 9 heteroatoms. The Morgan fingerprint density at radius 3 is 2.52 bits per heavy atom. The number of pyridine rings is 1. The smallest absolute Gasteiger partial charge is 0.181 e. The van der Waals surface area contributed by atoms with E-state index in [2.05, 4.69) is 38.0 Å². The van der Waals surface area contributed by atoms with Crippen LogP contribution < -0.4 is 0 Å². The van der Waals surface area contributed by atoms with Gasteiger partial charge in [0.2, 0.25) is 0 Å². The molecule has 1 atom stereocenters. The van der Waals surface area contributed by atoms with E-state index in [1.165, 1.54) is 5.56 Å². The van der Waals surface area contributed by atoms with Crippen molar-refractivity contribution in [2.75, 3.05) is 7.11 Å². The summed E-state index contributed by atoms with van der Waals surface area (Å²) in [6.45, 7) is 7.20. The Morgan fingerprint density at radius 1 is 0.975 bits per heavy atom. The van der Waals surface area contributed by atoms with Gasteiger partial charge >= 0.3 is 0 Å². The van der Waals surface area contributed by atoms with E-state index in [0.717, 1.165) is 50.2 Å². The molecule has 6 rings (SSSR count). The van der Waals surface area contributed by atoms with Gasteiger partial charge in [-0.15, -0.1) is 0 Å². The Hall–Kier alpha value is -4.34. The summed E-state index contributed by atoms with van der Waals surface area (Å²) in [6, 6.07) is 17.9. The maximum atomic E-state index is 10.8. The number of ether oxygens (including phenoxy) is 1. The van der Waals surface area contributed by atoms with Crippen LogP contribution in [0.1, 0.15) is 48.4 Å². The fourth-order valence-electron chi connectivity index (χ4n) is 5.51. The normalized spacial score (nSPS) is 12.7. The summed E-state index contributed by atoms with van der Waals surface area (Å²) < 4.78 is 11.1. The van der Waals surface area contributed by atoms with E-state index in [-0.39, 0.29) is 5.92 Å². The molecular weight excluding hydrogens is 502 g/mol. The zero-order valence-electron chi connectivity index (χ0n) is 23.4. The summed E-state index contributed by atoms with van der Waals surface area (Å²) in [5, 5.41) is 27.2. The molecule has 6 aromatic rings. The van der Waals surface area contributed by atoms with Crippen LogP contribution in [-0.4, -0.2) is 46.5 Å². The topological polar surface area (TPSA) is 95.8 Å². The van der Waals surface area contributed by atoms with Gasteiger partial charge in [0, 0.05) is 54.1 Å². The number of hydrogen-bond donors (Lipinski definition) is 1. The van der Waals surface area contributed by atoms with Crippen LogP contribution in [0.4, 0.5) is 0 Å². The van der Waals surface area contributed by atoms with E-state index in [1.54, 1.807) is 11.8 Å². The Morgan fingerprint density at radius 2 is 1.77 bits per heavy atom. The van der Waals surface area contributed by atoms with E-state index in [4.69, 9.17) is 19.9 Å². The first-order chi connectivity index (χ1) is 19.3. The van der Waals surface area contributed by atoms with Gasteiger partial charge in [0.1, 0.15) is 0 Å². The minimum absolute atomic E-state index is 0.231. The Bertz CT molecular complexity index is 1810. The minimum Gasteiger partial charge on any atom is -0.386 e. The van der Waals surface area contributed by atoms with Gasteiger partial charge < -0.3 is 9.84 Å². The van der Waals surface area contributed by atoms with Crippen molar-refractivity contribution in [3.8, 4) is 16.9 Å². The lowest BCUT2D eigenvalue weighted by Crippen LogP contribution is -2.08. The summed E-state index contributed by atoms with van der Waals surface area (Å²) in [4.78, 5) is 4.81. The number of aliphatic hydroxyl groups is 1. The highest BCUT2D eigenvalue weighted by molar-refractivity contribution is 5.94. The number of methoxy groups -OCH3 is 1. The Balaban J connectivity index is 1.48. The van der Waals surface area contributed by atoms with Crippen LogP contribution in [0.3, 0.4) is 0 Å². The third-order valence-electron chi connectivity index (χ3n) is 7.31. The molecular formula is C31H33N7O2. The largest absolute Gasteiger partial charge is 0.386 e. The molecule has 0 aliphatic carbocycles. The highest BCUT2D eigenvalue weighted by atomic mass is 16.5. The van der Waals surface area contributed by atoms with Crippen LogP contribution in [0.25, 0.3) is 38.9 Å². The van der Waals surface area contributed by atoms with Crippen molar-refractivity contribution < 1.29 is 9.84 Å². The minimum atomic E-state index is -0.652. The van der Waals surface area contributed by atoms with Crippen LogP contribution in [0.2, 0.25) is 0 Å². The molecule has 0 radical (unpaired) electrons. The third kappa shape index (κ3) is 4.57. The zero-order chi connectivity index (χ0) is 28.0. The van der Waals surface area contributed by atoms with Gasteiger partial charge in [-0.25, -0.2) is 9.67 Å². The zero-order valence-corrected chi connectivity index (χ0v) is 23.4. The molecule has 4 heterocycles. The number of aromatic nitrogens is 7. The number of benzene rings is 2. The van der Waals surface area contributed by atoms with E-state index < -0.39 is 6.10 Å². The molecule has 0 saturated carbocycles. The Labute approximate surface area is 232 Å². The summed E-state index contributed by atoms with van der Waals surface area (Å²) in [5.41, 5.74) is 8.20. The van der Waals surface area contributed by atoms with Crippen molar-refractivity contribution >= 4 is 21.9 Å². The van der Waals surface area contributed by atoms with E-state index in [1.807, 2.05) is 71.3 Å². The number of aliphatic hydroxyl groups excluding tert-OH is 1. The molecule has 0 unspecified atom stereocenters. The highest BCUT2D eigenvalue weighted by Crippen LogP contribution is 2.37. The summed E-state index contributed by atoms with van der Waals surface area (Å²) in [7, 11) is 3.56. The van der Waals surface area contributed by atoms with Gasteiger partial charge in [-0.3, -0.25) is 9.36 Å². The summed E-state index contributed by atoms with van der Waals surface area (Å²) in [6.07, 6.45) is 3.32. The molecule has 0 spiro atoms. The number of aryl methyl sites for hydroxylation is 1. The van der Waals surface area contributed by atoms with Crippen molar-refractivity contribution in [2.45, 2.75) is 45.9 Å².